The minimum absolute atomic E-state index is 0.0425. The molecule has 1 rings (SSSR count). The van der Waals surface area contributed by atoms with Crippen LogP contribution in [0.1, 0.15) is 27.0 Å². The fraction of sp³-hybridized carbons (Fsp3) is 0.273. The number of rotatable bonds is 2. The minimum atomic E-state index is -0.0425. The Bertz CT molecular complexity index is 418. The van der Waals surface area contributed by atoms with Crippen LogP contribution in [0.3, 0.4) is 0 Å². The van der Waals surface area contributed by atoms with Gasteiger partial charge in [0.2, 0.25) is 0 Å². The lowest BCUT2D eigenvalue weighted by molar-refractivity contribution is 0.102. The summed E-state index contributed by atoms with van der Waals surface area (Å²) < 4.78 is 0. The number of hydrogen-bond donors (Lipinski definition) is 0. The van der Waals surface area contributed by atoms with Crippen LogP contribution < -0.4 is 0 Å². The van der Waals surface area contributed by atoms with E-state index in [0.29, 0.717) is 11.1 Å². The van der Waals surface area contributed by atoms with Crippen LogP contribution in [0.5, 0.6) is 0 Å². The van der Waals surface area contributed by atoms with Crippen molar-refractivity contribution in [3.8, 4) is 6.07 Å². The highest BCUT2D eigenvalue weighted by atomic mass is 79.9. The van der Waals surface area contributed by atoms with Crippen LogP contribution in [0.25, 0.3) is 0 Å². The first-order valence-electron chi connectivity index (χ1n) is 4.20. The largest absolute Gasteiger partial charge is 0.293 e. The summed E-state index contributed by atoms with van der Waals surface area (Å²) in [5.74, 6) is -0.0425. The minimum Gasteiger partial charge on any atom is -0.293 e. The summed E-state index contributed by atoms with van der Waals surface area (Å²) in [7, 11) is 0. The number of nitrogens with zero attached hydrogens (tertiary/aromatic N) is 1. The first-order chi connectivity index (χ1) is 6.60. The fourth-order valence-corrected chi connectivity index (χ4v) is 1.77. The van der Waals surface area contributed by atoms with Gasteiger partial charge in [-0.15, -0.1) is 0 Å². The summed E-state index contributed by atoms with van der Waals surface area (Å²) in [5, 5.41) is 9.15. The third-order valence-corrected chi connectivity index (χ3v) is 2.51. The molecular weight excluding hydrogens is 242 g/mol. The van der Waals surface area contributed by atoms with Gasteiger partial charge >= 0.3 is 0 Å². The zero-order valence-electron chi connectivity index (χ0n) is 8.10. The number of halogens is 1. The lowest BCUT2D eigenvalue weighted by Crippen LogP contribution is -2.06. The Labute approximate surface area is 91.7 Å². The molecule has 0 saturated heterocycles. The molecule has 0 heterocycles. The number of aryl methyl sites for hydroxylation is 2. The molecule has 0 spiro atoms. The average Bonchev–Trinajstić information content (AvgIpc) is 2.15. The van der Waals surface area contributed by atoms with E-state index in [1.54, 1.807) is 6.07 Å². The van der Waals surface area contributed by atoms with E-state index in [9.17, 15) is 4.79 Å². The van der Waals surface area contributed by atoms with Gasteiger partial charge in [0.1, 0.15) is 0 Å². The van der Waals surface area contributed by atoms with E-state index >= 15 is 0 Å². The SMILES string of the molecule is Cc1cc(C)c(C(=O)CBr)c(C#N)c1. The third kappa shape index (κ3) is 2.02. The Morgan fingerprint density at radius 2 is 2.14 bits per heavy atom. The van der Waals surface area contributed by atoms with Crippen molar-refractivity contribution in [2.45, 2.75) is 13.8 Å². The zero-order chi connectivity index (χ0) is 10.7. The maximum absolute atomic E-state index is 11.5. The smallest absolute Gasteiger partial charge is 0.174 e. The van der Waals surface area contributed by atoms with Crippen LogP contribution >= 0.6 is 15.9 Å². The molecule has 1 aromatic rings. The predicted octanol–water partition coefficient (Wildman–Crippen LogP) is 2.75. The molecule has 0 aromatic heterocycles. The number of benzene rings is 1. The molecule has 0 saturated carbocycles. The van der Waals surface area contributed by atoms with Crippen molar-refractivity contribution in [3.63, 3.8) is 0 Å². The van der Waals surface area contributed by atoms with Gasteiger partial charge in [0.05, 0.1) is 17.0 Å². The number of carbonyl (C=O) groups is 1. The van der Waals surface area contributed by atoms with E-state index in [1.807, 2.05) is 19.9 Å². The Morgan fingerprint density at radius 1 is 1.50 bits per heavy atom. The van der Waals surface area contributed by atoms with Crippen molar-refractivity contribution < 1.29 is 4.79 Å². The topological polar surface area (TPSA) is 40.9 Å². The van der Waals surface area contributed by atoms with E-state index in [0.717, 1.165) is 11.1 Å². The van der Waals surface area contributed by atoms with Gasteiger partial charge in [-0.3, -0.25) is 4.79 Å². The molecule has 0 bridgehead atoms. The molecule has 72 valence electrons. The Balaban J connectivity index is 3.42. The van der Waals surface area contributed by atoms with Crippen molar-refractivity contribution in [2.75, 3.05) is 5.33 Å². The molecule has 0 aliphatic rings. The standard InChI is InChI=1S/C11H10BrNO/c1-7-3-8(2)11(10(14)5-12)9(4-7)6-13/h3-4H,5H2,1-2H3. The molecule has 0 aliphatic heterocycles. The molecule has 0 radical (unpaired) electrons. The summed E-state index contributed by atoms with van der Waals surface area (Å²) in [4.78, 5) is 11.5. The van der Waals surface area contributed by atoms with Crippen LogP contribution in [0.2, 0.25) is 0 Å². The number of alkyl halides is 1. The lowest BCUT2D eigenvalue weighted by Gasteiger charge is -2.06. The van der Waals surface area contributed by atoms with Gasteiger partial charge in [-0.2, -0.15) is 5.26 Å². The molecule has 0 aliphatic carbocycles. The zero-order valence-corrected chi connectivity index (χ0v) is 9.68. The normalized spacial score (nSPS) is 9.57. The Hall–Kier alpha value is -1.14. The molecule has 0 amide bonds. The van der Waals surface area contributed by atoms with Crippen molar-refractivity contribution in [2.24, 2.45) is 0 Å². The summed E-state index contributed by atoms with van der Waals surface area (Å²) in [5.41, 5.74) is 2.87. The highest BCUT2D eigenvalue weighted by molar-refractivity contribution is 9.09. The highest BCUT2D eigenvalue weighted by Crippen LogP contribution is 2.17. The molecule has 0 N–H and O–H groups in total. The van der Waals surface area contributed by atoms with Crippen LogP contribution in [-0.4, -0.2) is 11.1 Å². The molecule has 3 heteroatoms. The van der Waals surface area contributed by atoms with E-state index in [-0.39, 0.29) is 11.1 Å². The highest BCUT2D eigenvalue weighted by Gasteiger charge is 2.13. The Kier molecular flexibility index (Phi) is 3.43. The van der Waals surface area contributed by atoms with Crippen LogP contribution in [0.4, 0.5) is 0 Å². The van der Waals surface area contributed by atoms with Crippen LogP contribution in [-0.2, 0) is 0 Å². The van der Waals surface area contributed by atoms with Gasteiger partial charge in [-0.05, 0) is 31.0 Å². The number of carbonyl (C=O) groups excluding carboxylic acids is 1. The second-order valence-corrected chi connectivity index (χ2v) is 3.73. The monoisotopic (exact) mass is 251 g/mol. The number of nitriles is 1. The van der Waals surface area contributed by atoms with Gasteiger partial charge in [-0.1, -0.05) is 22.0 Å². The van der Waals surface area contributed by atoms with Gasteiger partial charge in [0.15, 0.2) is 5.78 Å². The van der Waals surface area contributed by atoms with Gasteiger partial charge < -0.3 is 0 Å². The van der Waals surface area contributed by atoms with Crippen molar-refractivity contribution >= 4 is 21.7 Å². The molecule has 0 unspecified atom stereocenters. The summed E-state index contributed by atoms with van der Waals surface area (Å²) in [6.07, 6.45) is 0. The summed E-state index contributed by atoms with van der Waals surface area (Å²) in [6.45, 7) is 3.76. The second kappa shape index (κ2) is 4.39. The first kappa shape index (κ1) is 10.9. The molecule has 14 heavy (non-hydrogen) atoms. The molecule has 1 aromatic carbocycles. The number of hydrogen-bond acceptors (Lipinski definition) is 2. The quantitative estimate of drug-likeness (QED) is 0.599. The van der Waals surface area contributed by atoms with E-state index < -0.39 is 0 Å². The summed E-state index contributed by atoms with van der Waals surface area (Å²) >= 11 is 3.11. The molecule has 2 nitrogen and oxygen atoms in total. The molecule has 0 atom stereocenters. The molecular formula is C11H10BrNO. The predicted molar refractivity (Wildman–Crippen MR) is 58.8 cm³/mol. The van der Waals surface area contributed by atoms with Crippen LogP contribution in [0, 0.1) is 25.2 Å². The van der Waals surface area contributed by atoms with Crippen LogP contribution in [0.15, 0.2) is 12.1 Å². The average molecular weight is 252 g/mol. The maximum Gasteiger partial charge on any atom is 0.174 e. The summed E-state index contributed by atoms with van der Waals surface area (Å²) in [6, 6.07) is 5.70. The van der Waals surface area contributed by atoms with Gasteiger partial charge in [0.25, 0.3) is 0 Å². The lowest BCUT2D eigenvalue weighted by atomic mass is 9.97. The van der Waals surface area contributed by atoms with Crippen molar-refractivity contribution in [3.05, 3.63) is 34.4 Å². The second-order valence-electron chi connectivity index (χ2n) is 3.17. The van der Waals surface area contributed by atoms with E-state index in [2.05, 4.69) is 22.0 Å². The first-order valence-corrected chi connectivity index (χ1v) is 5.32. The maximum atomic E-state index is 11.5. The van der Waals surface area contributed by atoms with Crippen molar-refractivity contribution in [1.29, 1.82) is 5.26 Å². The van der Waals surface area contributed by atoms with Crippen molar-refractivity contribution in [1.82, 2.24) is 0 Å². The van der Waals surface area contributed by atoms with E-state index in [4.69, 9.17) is 5.26 Å². The van der Waals surface area contributed by atoms with Gasteiger partial charge in [0, 0.05) is 5.56 Å². The van der Waals surface area contributed by atoms with E-state index in [1.165, 1.54) is 0 Å². The molecule has 0 fully saturated rings. The number of ketones is 1. The number of Topliss-reactive ketones (excluding diaryl/α,β-unsaturated/α-hetero) is 1. The third-order valence-electron chi connectivity index (χ3n) is 2.00. The van der Waals surface area contributed by atoms with Gasteiger partial charge in [-0.25, -0.2) is 0 Å². The fourth-order valence-electron chi connectivity index (χ4n) is 1.49. The Morgan fingerprint density at radius 3 is 2.64 bits per heavy atom.